The van der Waals surface area contributed by atoms with Gasteiger partial charge in [0.2, 0.25) is 0 Å². The standard InChI is InChI=1S/C7H6F3NO/c8-6-3-11-2-1-5(6)7(9,10)4-12/h1-3,12H,4H2. The van der Waals surface area contributed by atoms with Gasteiger partial charge >= 0.3 is 0 Å². The molecule has 12 heavy (non-hydrogen) atoms. The van der Waals surface area contributed by atoms with E-state index in [4.69, 9.17) is 5.11 Å². The summed E-state index contributed by atoms with van der Waals surface area (Å²) in [5, 5.41) is 8.23. The van der Waals surface area contributed by atoms with Gasteiger partial charge in [-0.1, -0.05) is 0 Å². The Bertz CT molecular complexity index is 277. The molecule has 0 aliphatic heterocycles. The molecule has 1 N–H and O–H groups in total. The molecule has 1 heterocycles. The van der Waals surface area contributed by atoms with Crippen molar-refractivity contribution in [2.24, 2.45) is 0 Å². The third-order valence-corrected chi connectivity index (χ3v) is 1.37. The molecule has 0 radical (unpaired) electrons. The maximum Gasteiger partial charge on any atom is 0.298 e. The first-order valence-corrected chi connectivity index (χ1v) is 3.16. The molecule has 0 bridgehead atoms. The van der Waals surface area contributed by atoms with E-state index in [9.17, 15) is 13.2 Å². The third-order valence-electron chi connectivity index (χ3n) is 1.37. The van der Waals surface area contributed by atoms with Crippen molar-refractivity contribution in [3.05, 3.63) is 29.8 Å². The predicted molar refractivity (Wildman–Crippen MR) is 35.2 cm³/mol. The first kappa shape index (κ1) is 8.99. The highest BCUT2D eigenvalue weighted by atomic mass is 19.3. The number of halogens is 3. The van der Waals surface area contributed by atoms with Gasteiger partial charge in [0.25, 0.3) is 5.92 Å². The van der Waals surface area contributed by atoms with Crippen molar-refractivity contribution < 1.29 is 18.3 Å². The fourth-order valence-corrected chi connectivity index (χ4v) is 0.757. The molecule has 1 rings (SSSR count). The number of pyridine rings is 1. The molecule has 1 aromatic heterocycles. The first-order chi connectivity index (χ1) is 5.58. The van der Waals surface area contributed by atoms with Crippen LogP contribution in [0.1, 0.15) is 5.56 Å². The van der Waals surface area contributed by atoms with Crippen LogP contribution in [0.3, 0.4) is 0 Å². The van der Waals surface area contributed by atoms with Crippen LogP contribution in [0.25, 0.3) is 0 Å². The molecule has 0 unspecified atom stereocenters. The number of rotatable bonds is 2. The van der Waals surface area contributed by atoms with Crippen molar-refractivity contribution in [1.29, 1.82) is 0 Å². The highest BCUT2D eigenvalue weighted by Gasteiger charge is 2.33. The zero-order chi connectivity index (χ0) is 9.19. The smallest absolute Gasteiger partial charge is 0.298 e. The molecule has 0 aliphatic rings. The summed E-state index contributed by atoms with van der Waals surface area (Å²) in [5.74, 6) is -4.65. The van der Waals surface area contributed by atoms with Crippen LogP contribution in [0, 0.1) is 5.82 Å². The van der Waals surface area contributed by atoms with Crippen LogP contribution in [0.2, 0.25) is 0 Å². The molecule has 0 atom stereocenters. The second kappa shape index (κ2) is 3.10. The molecule has 0 aromatic carbocycles. The average Bonchev–Trinajstić information content (AvgIpc) is 2.05. The average molecular weight is 177 g/mol. The topological polar surface area (TPSA) is 33.1 Å². The van der Waals surface area contributed by atoms with Gasteiger partial charge in [0.1, 0.15) is 6.61 Å². The van der Waals surface area contributed by atoms with E-state index in [1.807, 2.05) is 0 Å². The van der Waals surface area contributed by atoms with Crippen molar-refractivity contribution in [3.8, 4) is 0 Å². The number of alkyl halides is 2. The van der Waals surface area contributed by atoms with E-state index in [0.29, 0.717) is 6.20 Å². The lowest BCUT2D eigenvalue weighted by atomic mass is 10.1. The minimum atomic E-state index is -3.53. The molecule has 0 amide bonds. The minimum Gasteiger partial charge on any atom is -0.390 e. The van der Waals surface area contributed by atoms with Crippen LogP contribution >= 0.6 is 0 Å². The Morgan fingerprint density at radius 3 is 2.67 bits per heavy atom. The Hall–Kier alpha value is -1.10. The molecule has 2 nitrogen and oxygen atoms in total. The number of aromatic nitrogens is 1. The first-order valence-electron chi connectivity index (χ1n) is 3.16. The summed E-state index contributed by atoms with van der Waals surface area (Å²) in [4.78, 5) is 3.30. The van der Waals surface area contributed by atoms with E-state index in [1.54, 1.807) is 0 Å². The van der Waals surface area contributed by atoms with Crippen molar-refractivity contribution in [1.82, 2.24) is 4.98 Å². The molecular formula is C7H6F3NO. The summed E-state index contributed by atoms with van der Waals surface area (Å²) in [5.41, 5.74) is -0.833. The molecule has 66 valence electrons. The number of hydrogen-bond donors (Lipinski definition) is 1. The SMILES string of the molecule is OCC(F)(F)c1ccncc1F. The van der Waals surface area contributed by atoms with E-state index in [1.165, 1.54) is 0 Å². The zero-order valence-corrected chi connectivity index (χ0v) is 5.97. The second-order valence-corrected chi connectivity index (χ2v) is 2.22. The molecule has 0 aliphatic carbocycles. The van der Waals surface area contributed by atoms with Crippen LogP contribution in [-0.4, -0.2) is 16.7 Å². The van der Waals surface area contributed by atoms with Gasteiger partial charge in [0.15, 0.2) is 5.82 Å². The number of aliphatic hydroxyl groups is 1. The highest BCUT2D eigenvalue weighted by molar-refractivity contribution is 5.18. The van der Waals surface area contributed by atoms with Crippen molar-refractivity contribution >= 4 is 0 Å². The number of nitrogens with zero attached hydrogens (tertiary/aromatic N) is 1. The number of aliphatic hydroxyl groups excluding tert-OH is 1. The monoisotopic (exact) mass is 177 g/mol. The van der Waals surface area contributed by atoms with E-state index >= 15 is 0 Å². The molecule has 5 heteroatoms. The number of hydrogen-bond acceptors (Lipinski definition) is 2. The van der Waals surface area contributed by atoms with Gasteiger partial charge in [-0.25, -0.2) is 4.39 Å². The lowest BCUT2D eigenvalue weighted by molar-refractivity contribution is -0.0583. The minimum absolute atomic E-state index is 0.679. The quantitative estimate of drug-likeness (QED) is 0.738. The van der Waals surface area contributed by atoms with Gasteiger partial charge in [0.05, 0.1) is 11.8 Å². The van der Waals surface area contributed by atoms with E-state index in [2.05, 4.69) is 4.98 Å². The van der Waals surface area contributed by atoms with Crippen LogP contribution in [0.5, 0.6) is 0 Å². The molecule has 0 spiro atoms. The molecule has 1 aromatic rings. The Labute approximate surface area is 66.7 Å². The normalized spacial score (nSPS) is 11.7. The van der Waals surface area contributed by atoms with Crippen LogP contribution in [0.4, 0.5) is 13.2 Å². The summed E-state index contributed by atoms with van der Waals surface area (Å²) in [6.07, 6.45) is 1.72. The maximum atomic E-state index is 12.6. The van der Waals surface area contributed by atoms with Gasteiger partial charge < -0.3 is 5.11 Å². The van der Waals surface area contributed by atoms with Gasteiger partial charge in [-0.3, -0.25) is 4.98 Å². The Morgan fingerprint density at radius 1 is 1.50 bits per heavy atom. The van der Waals surface area contributed by atoms with Crippen molar-refractivity contribution in [2.75, 3.05) is 6.61 Å². The van der Waals surface area contributed by atoms with Crippen LogP contribution < -0.4 is 0 Å². The molecule has 0 saturated carbocycles. The van der Waals surface area contributed by atoms with Crippen molar-refractivity contribution in [3.63, 3.8) is 0 Å². The Morgan fingerprint density at radius 2 is 2.17 bits per heavy atom. The maximum absolute atomic E-state index is 12.6. The molecular weight excluding hydrogens is 171 g/mol. The Balaban J connectivity index is 3.10. The predicted octanol–water partition coefficient (Wildman–Crippen LogP) is 1.30. The largest absolute Gasteiger partial charge is 0.390 e. The molecule has 0 fully saturated rings. The summed E-state index contributed by atoms with van der Waals surface area (Å²) in [6, 6.07) is 0.839. The van der Waals surface area contributed by atoms with Crippen molar-refractivity contribution in [2.45, 2.75) is 5.92 Å². The molecule has 0 saturated heterocycles. The lowest BCUT2D eigenvalue weighted by Crippen LogP contribution is -2.20. The fraction of sp³-hybridized carbons (Fsp3) is 0.286. The summed E-state index contributed by atoms with van der Waals surface area (Å²) < 4.78 is 37.9. The lowest BCUT2D eigenvalue weighted by Gasteiger charge is -2.13. The van der Waals surface area contributed by atoms with Crippen LogP contribution in [-0.2, 0) is 5.92 Å². The summed E-state index contributed by atoms with van der Waals surface area (Å²) in [7, 11) is 0. The van der Waals surface area contributed by atoms with Gasteiger partial charge in [-0.15, -0.1) is 0 Å². The van der Waals surface area contributed by atoms with E-state index in [-0.39, 0.29) is 0 Å². The highest BCUT2D eigenvalue weighted by Crippen LogP contribution is 2.28. The zero-order valence-electron chi connectivity index (χ0n) is 5.97. The van der Waals surface area contributed by atoms with Gasteiger partial charge in [-0.2, -0.15) is 8.78 Å². The third kappa shape index (κ3) is 1.55. The summed E-state index contributed by atoms with van der Waals surface area (Å²) in [6.45, 7) is -1.41. The Kier molecular flexibility index (Phi) is 2.32. The van der Waals surface area contributed by atoms with Gasteiger partial charge in [-0.05, 0) is 6.07 Å². The van der Waals surface area contributed by atoms with Crippen LogP contribution in [0.15, 0.2) is 18.5 Å². The fourth-order valence-electron chi connectivity index (χ4n) is 0.757. The summed E-state index contributed by atoms with van der Waals surface area (Å²) >= 11 is 0. The van der Waals surface area contributed by atoms with Gasteiger partial charge in [0, 0.05) is 6.20 Å². The van der Waals surface area contributed by atoms with E-state index < -0.39 is 23.9 Å². The van der Waals surface area contributed by atoms with E-state index in [0.717, 1.165) is 12.3 Å². The second-order valence-electron chi connectivity index (χ2n) is 2.22.